The Hall–Kier alpha value is -2.53. The molecule has 11 heteroatoms. The summed E-state index contributed by atoms with van der Waals surface area (Å²) >= 11 is 7.11. The van der Waals surface area contributed by atoms with Crippen LogP contribution in [0.2, 0.25) is 5.02 Å². The van der Waals surface area contributed by atoms with E-state index in [0.29, 0.717) is 28.2 Å². The number of methoxy groups -OCH3 is 1. The lowest BCUT2D eigenvalue weighted by Gasteiger charge is -2.21. The van der Waals surface area contributed by atoms with Crippen LogP contribution in [0.25, 0.3) is 10.2 Å². The van der Waals surface area contributed by atoms with Crippen LogP contribution >= 0.6 is 22.9 Å². The Morgan fingerprint density at radius 3 is 2.59 bits per heavy atom. The van der Waals surface area contributed by atoms with Crippen LogP contribution in [0, 0.1) is 0 Å². The van der Waals surface area contributed by atoms with Gasteiger partial charge in [0.25, 0.3) is 5.91 Å². The van der Waals surface area contributed by atoms with Crippen molar-refractivity contribution < 1.29 is 22.7 Å². The number of aromatic nitrogens is 1. The fourth-order valence-electron chi connectivity index (χ4n) is 3.67. The number of esters is 1. The molecule has 1 aliphatic heterocycles. The molecular weight excluding hydrogens is 474 g/mol. The van der Waals surface area contributed by atoms with Crippen molar-refractivity contribution in [1.82, 2.24) is 8.87 Å². The SMILES string of the molecule is COC(=O)c1ccc2c(c1)sc(=NC(=O)C1CCCN1S(=O)(=O)c1ccc(Cl)cc1)n2C. The largest absolute Gasteiger partial charge is 0.465 e. The molecule has 32 heavy (non-hydrogen) atoms. The van der Waals surface area contributed by atoms with Crippen molar-refractivity contribution in [3.05, 3.63) is 57.9 Å². The van der Waals surface area contributed by atoms with Crippen molar-refractivity contribution in [2.24, 2.45) is 12.0 Å². The van der Waals surface area contributed by atoms with Crippen LogP contribution in [-0.4, -0.2) is 48.9 Å². The molecule has 1 saturated heterocycles. The zero-order valence-electron chi connectivity index (χ0n) is 17.3. The number of halogens is 1. The standard InChI is InChI=1S/C21H20ClN3O5S2/c1-24-16-10-5-13(20(27)30-2)12-18(16)31-21(24)23-19(26)17-4-3-11-25(17)32(28,29)15-8-6-14(22)7-9-15/h5-10,12,17H,3-4,11H2,1-2H3. The molecule has 1 aliphatic rings. The molecule has 4 rings (SSSR count). The van der Waals surface area contributed by atoms with E-state index in [1.54, 1.807) is 29.8 Å². The summed E-state index contributed by atoms with van der Waals surface area (Å²) in [6, 6.07) is 10.1. The highest BCUT2D eigenvalue weighted by molar-refractivity contribution is 7.89. The fraction of sp³-hybridized carbons (Fsp3) is 0.286. The maximum atomic E-state index is 13.1. The van der Waals surface area contributed by atoms with Crippen molar-refractivity contribution in [3.8, 4) is 0 Å². The van der Waals surface area contributed by atoms with Crippen molar-refractivity contribution in [2.45, 2.75) is 23.8 Å². The fourth-order valence-corrected chi connectivity index (χ4v) is 6.51. The molecule has 8 nitrogen and oxygen atoms in total. The van der Waals surface area contributed by atoms with Gasteiger partial charge in [0.05, 0.1) is 27.8 Å². The number of amides is 1. The zero-order valence-corrected chi connectivity index (χ0v) is 19.7. The average molecular weight is 494 g/mol. The first-order chi connectivity index (χ1) is 15.2. The van der Waals surface area contributed by atoms with Crippen LogP contribution in [0.1, 0.15) is 23.2 Å². The zero-order chi connectivity index (χ0) is 23.0. The quantitative estimate of drug-likeness (QED) is 0.520. The summed E-state index contributed by atoms with van der Waals surface area (Å²) in [6.45, 7) is 0.248. The Kier molecular flexibility index (Phi) is 6.22. The maximum Gasteiger partial charge on any atom is 0.337 e. The molecule has 1 unspecified atom stereocenters. The molecule has 1 aromatic heterocycles. The van der Waals surface area contributed by atoms with Gasteiger partial charge in [-0.3, -0.25) is 4.79 Å². The molecule has 2 heterocycles. The molecule has 0 N–H and O–H groups in total. The van der Waals surface area contributed by atoms with Gasteiger partial charge in [-0.25, -0.2) is 13.2 Å². The number of ether oxygens (including phenoxy) is 1. The van der Waals surface area contributed by atoms with Gasteiger partial charge in [-0.1, -0.05) is 22.9 Å². The van der Waals surface area contributed by atoms with E-state index < -0.39 is 27.9 Å². The average Bonchev–Trinajstić information content (AvgIpc) is 3.39. The Bertz CT molecular complexity index is 1380. The molecule has 1 atom stereocenters. The van der Waals surface area contributed by atoms with Crippen LogP contribution in [0.3, 0.4) is 0 Å². The van der Waals surface area contributed by atoms with E-state index in [9.17, 15) is 18.0 Å². The molecular formula is C21H20ClN3O5S2. The van der Waals surface area contributed by atoms with Crippen LogP contribution in [-0.2, 0) is 26.6 Å². The van der Waals surface area contributed by atoms with E-state index in [4.69, 9.17) is 16.3 Å². The summed E-state index contributed by atoms with van der Waals surface area (Å²) in [5.41, 5.74) is 1.20. The summed E-state index contributed by atoms with van der Waals surface area (Å²) in [7, 11) is -0.781. The third-order valence-electron chi connectivity index (χ3n) is 5.35. The predicted molar refractivity (Wildman–Crippen MR) is 121 cm³/mol. The number of rotatable bonds is 4. The second-order valence-corrected chi connectivity index (χ2v) is 10.6. The number of thiazole rings is 1. The van der Waals surface area contributed by atoms with Gasteiger partial charge in [-0.2, -0.15) is 9.30 Å². The lowest BCUT2D eigenvalue weighted by Crippen LogP contribution is -2.40. The summed E-state index contributed by atoms with van der Waals surface area (Å²) in [5, 5.41) is 0.431. The number of sulfonamides is 1. The van der Waals surface area contributed by atoms with Gasteiger partial charge in [-0.05, 0) is 55.3 Å². The Balaban J connectivity index is 1.68. The van der Waals surface area contributed by atoms with Gasteiger partial charge < -0.3 is 9.30 Å². The van der Waals surface area contributed by atoms with Gasteiger partial charge in [0.1, 0.15) is 6.04 Å². The third-order valence-corrected chi connectivity index (χ3v) is 8.61. The van der Waals surface area contributed by atoms with Crippen molar-refractivity contribution >= 4 is 55.1 Å². The molecule has 0 radical (unpaired) electrons. The van der Waals surface area contributed by atoms with Crippen LogP contribution in [0.5, 0.6) is 0 Å². The number of nitrogens with zero attached hydrogens (tertiary/aromatic N) is 3. The molecule has 1 amide bonds. The van der Waals surface area contributed by atoms with E-state index in [1.165, 1.54) is 47.0 Å². The summed E-state index contributed by atoms with van der Waals surface area (Å²) in [6.07, 6.45) is 0.968. The van der Waals surface area contributed by atoms with Gasteiger partial charge in [-0.15, -0.1) is 0 Å². The predicted octanol–water partition coefficient (Wildman–Crippen LogP) is 2.96. The molecule has 168 valence electrons. The first-order valence-corrected chi connectivity index (χ1v) is 12.4. The minimum atomic E-state index is -3.86. The van der Waals surface area contributed by atoms with Gasteiger partial charge in [0.2, 0.25) is 10.0 Å². The van der Waals surface area contributed by atoms with Crippen LogP contribution < -0.4 is 4.80 Å². The van der Waals surface area contributed by atoms with Crippen LogP contribution in [0.4, 0.5) is 0 Å². The van der Waals surface area contributed by atoms with E-state index in [1.807, 2.05) is 0 Å². The minimum Gasteiger partial charge on any atom is -0.465 e. The maximum absolute atomic E-state index is 13.1. The lowest BCUT2D eigenvalue weighted by molar-refractivity contribution is -0.121. The summed E-state index contributed by atoms with van der Waals surface area (Å²) in [5.74, 6) is -0.970. The first-order valence-electron chi connectivity index (χ1n) is 9.76. The van der Waals surface area contributed by atoms with Crippen molar-refractivity contribution in [1.29, 1.82) is 0 Å². The number of hydrogen-bond donors (Lipinski definition) is 0. The highest BCUT2D eigenvalue weighted by atomic mass is 35.5. The topological polar surface area (TPSA) is 98.0 Å². The Morgan fingerprint density at radius 1 is 1.19 bits per heavy atom. The van der Waals surface area contributed by atoms with Crippen molar-refractivity contribution in [2.75, 3.05) is 13.7 Å². The van der Waals surface area contributed by atoms with E-state index in [2.05, 4.69) is 4.99 Å². The molecule has 2 aromatic carbocycles. The number of carbonyl (C=O) groups excluding carboxylic acids is 2. The van der Waals surface area contributed by atoms with E-state index in [-0.39, 0.29) is 11.4 Å². The van der Waals surface area contributed by atoms with Gasteiger partial charge >= 0.3 is 5.97 Å². The Morgan fingerprint density at radius 2 is 1.91 bits per heavy atom. The lowest BCUT2D eigenvalue weighted by atomic mass is 10.2. The smallest absolute Gasteiger partial charge is 0.337 e. The first kappa shape index (κ1) is 22.7. The second kappa shape index (κ2) is 8.78. The third kappa shape index (κ3) is 4.11. The molecule has 0 saturated carbocycles. The minimum absolute atomic E-state index is 0.0874. The number of benzene rings is 2. The number of carbonyl (C=O) groups is 2. The molecule has 3 aromatic rings. The molecule has 0 aliphatic carbocycles. The molecule has 0 spiro atoms. The van der Waals surface area contributed by atoms with E-state index in [0.717, 1.165) is 10.2 Å². The van der Waals surface area contributed by atoms with Crippen LogP contribution in [0.15, 0.2) is 52.4 Å². The number of aryl methyl sites for hydroxylation is 1. The molecule has 0 bridgehead atoms. The van der Waals surface area contributed by atoms with Gasteiger partial charge in [0.15, 0.2) is 4.80 Å². The number of fused-ring (bicyclic) bond motifs is 1. The van der Waals surface area contributed by atoms with Crippen molar-refractivity contribution in [3.63, 3.8) is 0 Å². The second-order valence-electron chi connectivity index (χ2n) is 7.30. The highest BCUT2D eigenvalue weighted by Gasteiger charge is 2.39. The van der Waals surface area contributed by atoms with E-state index >= 15 is 0 Å². The van der Waals surface area contributed by atoms with Gasteiger partial charge in [0, 0.05) is 18.6 Å². The normalized spacial score (nSPS) is 17.7. The summed E-state index contributed by atoms with van der Waals surface area (Å²) < 4.78 is 34.7. The molecule has 1 fully saturated rings. The number of hydrogen-bond acceptors (Lipinski definition) is 6. The monoisotopic (exact) mass is 493 g/mol. The summed E-state index contributed by atoms with van der Waals surface area (Å²) in [4.78, 5) is 29.6. The Labute approximate surface area is 193 Å². The highest BCUT2D eigenvalue weighted by Crippen LogP contribution is 2.28.